The molecule has 7 nitrogen and oxygen atoms in total. The van der Waals surface area contributed by atoms with Crippen molar-refractivity contribution >= 4 is 11.6 Å². The third kappa shape index (κ3) is 2.76. The molecule has 0 aliphatic heterocycles. The highest BCUT2D eigenvalue weighted by Crippen LogP contribution is 2.17. The number of amides is 1. The highest BCUT2D eigenvalue weighted by Gasteiger charge is 2.26. The molecule has 2 heterocycles. The summed E-state index contributed by atoms with van der Waals surface area (Å²) in [7, 11) is 1.74. The molecular formula is C12H16N6O. The molecule has 7 heteroatoms. The molecule has 1 amide bonds. The monoisotopic (exact) mass is 260 g/mol. The Morgan fingerprint density at radius 2 is 2.21 bits per heavy atom. The number of anilines is 1. The van der Waals surface area contributed by atoms with Crippen LogP contribution in [0.4, 0.5) is 5.69 Å². The Bertz CT molecular complexity index is 563. The summed E-state index contributed by atoms with van der Waals surface area (Å²) in [6.07, 6.45) is 4.58. The van der Waals surface area contributed by atoms with Crippen LogP contribution >= 0.6 is 0 Å². The second-order valence-electron chi connectivity index (χ2n) is 4.54. The van der Waals surface area contributed by atoms with E-state index in [1.807, 2.05) is 0 Å². The SMILES string of the molecule is CNC(C)(C)C(=O)Nc1cccnc1-n1cncn1. The minimum absolute atomic E-state index is 0.149. The van der Waals surface area contributed by atoms with Crippen LogP contribution in [0.25, 0.3) is 5.82 Å². The molecule has 0 radical (unpaired) electrons. The van der Waals surface area contributed by atoms with E-state index in [0.717, 1.165) is 0 Å². The van der Waals surface area contributed by atoms with E-state index in [1.54, 1.807) is 39.2 Å². The molecule has 19 heavy (non-hydrogen) atoms. The Balaban J connectivity index is 2.29. The Morgan fingerprint density at radius 3 is 2.84 bits per heavy atom. The summed E-state index contributed by atoms with van der Waals surface area (Å²) in [4.78, 5) is 20.2. The third-order valence-electron chi connectivity index (χ3n) is 2.86. The van der Waals surface area contributed by atoms with E-state index in [9.17, 15) is 4.79 Å². The van der Waals surface area contributed by atoms with Crippen LogP contribution in [0, 0.1) is 0 Å². The van der Waals surface area contributed by atoms with Gasteiger partial charge in [-0.1, -0.05) is 0 Å². The van der Waals surface area contributed by atoms with Gasteiger partial charge >= 0.3 is 0 Å². The van der Waals surface area contributed by atoms with Crippen molar-refractivity contribution in [2.75, 3.05) is 12.4 Å². The lowest BCUT2D eigenvalue weighted by Gasteiger charge is -2.23. The van der Waals surface area contributed by atoms with Gasteiger partial charge in [0.1, 0.15) is 12.7 Å². The van der Waals surface area contributed by atoms with Gasteiger partial charge in [0.05, 0.1) is 11.2 Å². The summed E-state index contributed by atoms with van der Waals surface area (Å²) in [5.41, 5.74) is -0.0866. The van der Waals surface area contributed by atoms with Crippen LogP contribution in [-0.2, 0) is 4.79 Å². The summed E-state index contributed by atoms with van der Waals surface area (Å²) >= 11 is 0. The molecule has 0 spiro atoms. The molecule has 0 aromatic carbocycles. The van der Waals surface area contributed by atoms with Crippen LogP contribution in [0.2, 0.25) is 0 Å². The van der Waals surface area contributed by atoms with E-state index in [1.165, 1.54) is 17.3 Å². The van der Waals surface area contributed by atoms with Gasteiger partial charge in [-0.2, -0.15) is 5.10 Å². The first-order valence-corrected chi connectivity index (χ1v) is 5.85. The highest BCUT2D eigenvalue weighted by atomic mass is 16.2. The fraction of sp³-hybridized carbons (Fsp3) is 0.333. The zero-order chi connectivity index (χ0) is 13.9. The normalized spacial score (nSPS) is 11.3. The summed E-state index contributed by atoms with van der Waals surface area (Å²) < 4.78 is 1.50. The minimum Gasteiger partial charge on any atom is -0.321 e. The predicted molar refractivity (Wildman–Crippen MR) is 70.9 cm³/mol. The average Bonchev–Trinajstić information content (AvgIpc) is 2.93. The average molecular weight is 260 g/mol. The third-order valence-corrected chi connectivity index (χ3v) is 2.86. The van der Waals surface area contributed by atoms with E-state index in [-0.39, 0.29) is 5.91 Å². The molecule has 0 bridgehead atoms. The number of nitrogens with zero attached hydrogens (tertiary/aromatic N) is 4. The van der Waals surface area contributed by atoms with Crippen molar-refractivity contribution in [2.45, 2.75) is 19.4 Å². The van der Waals surface area contributed by atoms with E-state index >= 15 is 0 Å². The maximum atomic E-state index is 12.1. The summed E-state index contributed by atoms with van der Waals surface area (Å²) in [5, 5.41) is 9.80. The smallest absolute Gasteiger partial charge is 0.244 e. The zero-order valence-electron chi connectivity index (χ0n) is 11.1. The lowest BCUT2D eigenvalue weighted by molar-refractivity contribution is -0.121. The van der Waals surface area contributed by atoms with Crippen molar-refractivity contribution in [3.05, 3.63) is 31.0 Å². The summed E-state index contributed by atoms with van der Waals surface area (Å²) in [6, 6.07) is 3.52. The quantitative estimate of drug-likeness (QED) is 0.841. The van der Waals surface area contributed by atoms with Crippen molar-refractivity contribution in [3.8, 4) is 5.82 Å². The van der Waals surface area contributed by atoms with Gasteiger partial charge in [-0.3, -0.25) is 4.79 Å². The lowest BCUT2D eigenvalue weighted by atomic mass is 10.1. The number of hydrogen-bond donors (Lipinski definition) is 2. The number of rotatable bonds is 4. The maximum absolute atomic E-state index is 12.1. The van der Waals surface area contributed by atoms with E-state index in [0.29, 0.717) is 11.5 Å². The van der Waals surface area contributed by atoms with Crippen LogP contribution in [0.5, 0.6) is 0 Å². The second kappa shape index (κ2) is 5.15. The van der Waals surface area contributed by atoms with Gasteiger partial charge in [0, 0.05) is 6.20 Å². The number of carbonyl (C=O) groups excluding carboxylic acids is 1. The van der Waals surface area contributed by atoms with Gasteiger partial charge in [0.2, 0.25) is 5.91 Å². The first-order valence-electron chi connectivity index (χ1n) is 5.85. The predicted octanol–water partition coefficient (Wildman–Crippen LogP) is 0.599. The zero-order valence-corrected chi connectivity index (χ0v) is 11.1. The number of carbonyl (C=O) groups is 1. The number of hydrogen-bond acceptors (Lipinski definition) is 5. The topological polar surface area (TPSA) is 84.7 Å². The molecule has 2 rings (SSSR count). The number of likely N-dealkylation sites (N-methyl/N-ethyl adjacent to an activating group) is 1. The molecule has 2 N–H and O–H groups in total. The molecule has 0 saturated carbocycles. The van der Waals surface area contributed by atoms with Crippen molar-refractivity contribution in [1.82, 2.24) is 25.1 Å². The maximum Gasteiger partial charge on any atom is 0.244 e. The summed E-state index contributed by atoms with van der Waals surface area (Å²) in [5.74, 6) is 0.379. The molecule has 0 unspecified atom stereocenters. The molecule has 0 atom stereocenters. The Kier molecular flexibility index (Phi) is 3.57. The van der Waals surface area contributed by atoms with Crippen LogP contribution in [0.15, 0.2) is 31.0 Å². The lowest BCUT2D eigenvalue weighted by Crippen LogP contribution is -2.48. The summed E-state index contributed by atoms with van der Waals surface area (Å²) in [6.45, 7) is 3.60. The molecule has 0 saturated heterocycles. The molecule has 0 aliphatic rings. The molecule has 0 fully saturated rings. The van der Waals surface area contributed by atoms with Crippen molar-refractivity contribution in [3.63, 3.8) is 0 Å². The standard InChI is InChI=1S/C12H16N6O/c1-12(2,13-3)11(19)17-9-5-4-6-15-10(9)18-8-14-7-16-18/h4-8,13H,1-3H3,(H,17,19). The van der Waals surface area contributed by atoms with E-state index in [2.05, 4.69) is 25.7 Å². The van der Waals surface area contributed by atoms with Gasteiger partial charge in [0.25, 0.3) is 0 Å². The Hall–Kier alpha value is -2.28. The van der Waals surface area contributed by atoms with Crippen molar-refractivity contribution < 1.29 is 4.79 Å². The van der Waals surface area contributed by atoms with Crippen LogP contribution in [0.3, 0.4) is 0 Å². The Labute approximate surface area is 111 Å². The number of pyridine rings is 1. The van der Waals surface area contributed by atoms with Crippen molar-refractivity contribution in [2.24, 2.45) is 0 Å². The van der Waals surface area contributed by atoms with Crippen LogP contribution in [-0.4, -0.2) is 38.2 Å². The van der Waals surface area contributed by atoms with E-state index in [4.69, 9.17) is 0 Å². The Morgan fingerprint density at radius 1 is 1.42 bits per heavy atom. The second-order valence-corrected chi connectivity index (χ2v) is 4.54. The first kappa shape index (κ1) is 13.2. The molecular weight excluding hydrogens is 244 g/mol. The van der Waals surface area contributed by atoms with Gasteiger partial charge in [-0.15, -0.1) is 0 Å². The van der Waals surface area contributed by atoms with Gasteiger partial charge in [-0.25, -0.2) is 14.6 Å². The number of aromatic nitrogens is 4. The minimum atomic E-state index is -0.671. The first-order chi connectivity index (χ1) is 9.04. The molecule has 2 aromatic rings. The van der Waals surface area contributed by atoms with Crippen LogP contribution < -0.4 is 10.6 Å². The fourth-order valence-electron chi connectivity index (χ4n) is 1.39. The van der Waals surface area contributed by atoms with Crippen LogP contribution in [0.1, 0.15) is 13.8 Å². The largest absolute Gasteiger partial charge is 0.321 e. The van der Waals surface area contributed by atoms with E-state index < -0.39 is 5.54 Å². The number of nitrogens with one attached hydrogen (secondary N) is 2. The highest BCUT2D eigenvalue weighted by molar-refractivity contribution is 5.98. The molecule has 2 aromatic heterocycles. The molecule has 100 valence electrons. The fourth-order valence-corrected chi connectivity index (χ4v) is 1.39. The van der Waals surface area contributed by atoms with Gasteiger partial charge in [-0.05, 0) is 33.0 Å². The van der Waals surface area contributed by atoms with Gasteiger partial charge in [0.15, 0.2) is 5.82 Å². The molecule has 0 aliphatic carbocycles. The van der Waals surface area contributed by atoms with Crippen molar-refractivity contribution in [1.29, 1.82) is 0 Å². The van der Waals surface area contributed by atoms with Gasteiger partial charge < -0.3 is 10.6 Å².